The number of nitrogens with one attached hydrogen (secondary N) is 1. The Hall–Kier alpha value is -2.44. The predicted octanol–water partition coefficient (Wildman–Crippen LogP) is 3.22. The van der Waals surface area contributed by atoms with Gasteiger partial charge in [0.1, 0.15) is 5.01 Å². The Morgan fingerprint density at radius 2 is 2.04 bits per heavy atom. The quantitative estimate of drug-likeness (QED) is 0.780. The molecule has 6 heteroatoms. The number of rotatable bonds is 5. The van der Waals surface area contributed by atoms with Gasteiger partial charge < -0.3 is 14.8 Å². The molecule has 3 aromatic rings. The molecule has 0 saturated carbocycles. The van der Waals surface area contributed by atoms with Crippen LogP contribution in [0.15, 0.2) is 48.9 Å². The highest BCUT2D eigenvalue weighted by molar-refractivity contribution is 7.15. The molecule has 0 aliphatic carbocycles. The molecular formula is C17H15N3O2S. The summed E-state index contributed by atoms with van der Waals surface area (Å²) in [6.07, 6.45) is 5.54. The highest BCUT2D eigenvalue weighted by Crippen LogP contribution is 2.32. The van der Waals surface area contributed by atoms with E-state index in [4.69, 9.17) is 9.47 Å². The molecule has 0 atom stereocenters. The lowest BCUT2D eigenvalue weighted by Gasteiger charge is -2.04. The van der Waals surface area contributed by atoms with Gasteiger partial charge in [-0.1, -0.05) is 12.1 Å². The van der Waals surface area contributed by atoms with Crippen LogP contribution < -0.4 is 14.8 Å². The lowest BCUT2D eigenvalue weighted by atomic mass is 10.2. The molecule has 0 saturated heterocycles. The molecule has 1 aromatic carbocycles. The van der Waals surface area contributed by atoms with E-state index in [-0.39, 0.29) is 0 Å². The minimum absolute atomic E-state index is 0.308. The van der Waals surface area contributed by atoms with Gasteiger partial charge in [0.05, 0.1) is 4.88 Å². The summed E-state index contributed by atoms with van der Waals surface area (Å²) >= 11 is 1.68. The zero-order valence-corrected chi connectivity index (χ0v) is 13.2. The van der Waals surface area contributed by atoms with E-state index in [1.54, 1.807) is 17.5 Å². The van der Waals surface area contributed by atoms with Crippen molar-refractivity contribution >= 4 is 11.3 Å². The molecule has 2 aromatic heterocycles. The number of pyridine rings is 1. The first-order valence-corrected chi connectivity index (χ1v) is 8.14. The molecule has 0 radical (unpaired) electrons. The average molecular weight is 325 g/mol. The van der Waals surface area contributed by atoms with E-state index < -0.39 is 0 Å². The molecule has 23 heavy (non-hydrogen) atoms. The molecule has 5 nitrogen and oxygen atoms in total. The van der Waals surface area contributed by atoms with Crippen molar-refractivity contribution in [3.8, 4) is 21.9 Å². The second-order valence-electron chi connectivity index (χ2n) is 5.15. The summed E-state index contributed by atoms with van der Waals surface area (Å²) in [5, 5.41) is 4.47. The topological polar surface area (TPSA) is 56.3 Å². The summed E-state index contributed by atoms with van der Waals surface area (Å²) in [6, 6.07) is 9.99. The van der Waals surface area contributed by atoms with Crippen molar-refractivity contribution in [1.29, 1.82) is 0 Å². The van der Waals surface area contributed by atoms with E-state index in [0.29, 0.717) is 6.79 Å². The van der Waals surface area contributed by atoms with E-state index in [0.717, 1.165) is 40.0 Å². The van der Waals surface area contributed by atoms with Crippen molar-refractivity contribution in [3.05, 3.63) is 59.5 Å². The Labute approximate surface area is 137 Å². The lowest BCUT2D eigenvalue weighted by Crippen LogP contribution is -2.12. The zero-order chi connectivity index (χ0) is 15.5. The van der Waals surface area contributed by atoms with Crippen molar-refractivity contribution in [3.63, 3.8) is 0 Å². The Kier molecular flexibility index (Phi) is 3.92. The summed E-state index contributed by atoms with van der Waals surface area (Å²) in [6.45, 7) is 1.81. The highest BCUT2D eigenvalue weighted by atomic mass is 32.1. The van der Waals surface area contributed by atoms with Gasteiger partial charge in [-0.05, 0) is 23.8 Å². The summed E-state index contributed by atoms with van der Waals surface area (Å²) in [4.78, 5) is 9.74. The summed E-state index contributed by atoms with van der Waals surface area (Å²) in [7, 11) is 0. The number of hydrogen-bond acceptors (Lipinski definition) is 6. The fourth-order valence-corrected chi connectivity index (χ4v) is 3.28. The standard InChI is InChI=1S/C17H15N3O2S/c1-2-13(8-18-5-1)16-9-20-17(23-16)10-19-7-12-3-4-14-15(6-12)22-11-21-14/h1-6,8-9,19H,7,10-11H2. The SMILES string of the molecule is c1cncc(-c2cnc(CNCc3ccc4c(c3)OCO4)s2)c1. The number of thiazole rings is 1. The minimum atomic E-state index is 0.308. The van der Waals surface area contributed by atoms with Gasteiger partial charge in [-0.15, -0.1) is 11.3 Å². The summed E-state index contributed by atoms with van der Waals surface area (Å²) in [5.74, 6) is 1.63. The number of fused-ring (bicyclic) bond motifs is 1. The average Bonchev–Trinajstić information content (AvgIpc) is 3.24. The van der Waals surface area contributed by atoms with Gasteiger partial charge in [0.15, 0.2) is 11.5 Å². The zero-order valence-electron chi connectivity index (χ0n) is 12.4. The molecule has 0 spiro atoms. The van der Waals surface area contributed by atoms with Gasteiger partial charge >= 0.3 is 0 Å². The van der Waals surface area contributed by atoms with Crippen LogP contribution in [0.1, 0.15) is 10.6 Å². The van der Waals surface area contributed by atoms with Crippen LogP contribution in [-0.2, 0) is 13.1 Å². The first-order valence-electron chi connectivity index (χ1n) is 7.33. The highest BCUT2D eigenvalue weighted by Gasteiger charge is 2.13. The Morgan fingerprint density at radius 1 is 1.09 bits per heavy atom. The number of hydrogen-bond donors (Lipinski definition) is 1. The molecule has 1 aliphatic heterocycles. The van der Waals surface area contributed by atoms with Crippen LogP contribution in [0.25, 0.3) is 10.4 Å². The van der Waals surface area contributed by atoms with Crippen LogP contribution in [0.2, 0.25) is 0 Å². The molecule has 0 unspecified atom stereocenters. The van der Waals surface area contributed by atoms with Crippen LogP contribution in [0.3, 0.4) is 0 Å². The first kappa shape index (κ1) is 14.2. The Morgan fingerprint density at radius 3 is 2.96 bits per heavy atom. The van der Waals surface area contributed by atoms with E-state index in [1.165, 1.54) is 5.56 Å². The molecule has 116 valence electrons. The molecule has 4 rings (SSSR count). The number of ether oxygens (including phenoxy) is 2. The Bertz CT molecular complexity index is 805. The van der Waals surface area contributed by atoms with Gasteiger partial charge in [-0.2, -0.15) is 0 Å². The second kappa shape index (κ2) is 6.36. The third-order valence-electron chi connectivity index (χ3n) is 3.54. The smallest absolute Gasteiger partial charge is 0.231 e. The maximum atomic E-state index is 5.39. The van der Waals surface area contributed by atoms with E-state index in [2.05, 4.69) is 15.3 Å². The maximum absolute atomic E-state index is 5.39. The van der Waals surface area contributed by atoms with Crippen LogP contribution in [0.5, 0.6) is 11.5 Å². The van der Waals surface area contributed by atoms with Crippen LogP contribution >= 0.6 is 11.3 Å². The maximum Gasteiger partial charge on any atom is 0.231 e. The van der Waals surface area contributed by atoms with Gasteiger partial charge in [0.25, 0.3) is 0 Å². The van der Waals surface area contributed by atoms with Crippen LogP contribution in [-0.4, -0.2) is 16.8 Å². The first-order chi connectivity index (χ1) is 11.4. The monoisotopic (exact) mass is 325 g/mol. The fraction of sp³-hybridized carbons (Fsp3) is 0.176. The number of nitrogens with zero attached hydrogens (tertiary/aromatic N) is 2. The normalized spacial score (nSPS) is 12.5. The van der Waals surface area contributed by atoms with E-state index in [9.17, 15) is 0 Å². The Balaban J connectivity index is 1.36. The molecule has 3 heterocycles. The van der Waals surface area contributed by atoms with Crippen molar-refractivity contribution in [1.82, 2.24) is 15.3 Å². The summed E-state index contributed by atoms with van der Waals surface area (Å²) < 4.78 is 10.7. The molecule has 0 amide bonds. The van der Waals surface area contributed by atoms with Crippen molar-refractivity contribution in [2.45, 2.75) is 13.1 Å². The molecule has 0 bridgehead atoms. The van der Waals surface area contributed by atoms with E-state index in [1.807, 2.05) is 42.7 Å². The van der Waals surface area contributed by atoms with Crippen molar-refractivity contribution in [2.75, 3.05) is 6.79 Å². The van der Waals surface area contributed by atoms with Crippen LogP contribution in [0, 0.1) is 0 Å². The molecular weight excluding hydrogens is 310 g/mol. The predicted molar refractivity (Wildman–Crippen MR) is 88.5 cm³/mol. The van der Waals surface area contributed by atoms with Gasteiger partial charge in [-0.3, -0.25) is 4.98 Å². The minimum Gasteiger partial charge on any atom is -0.454 e. The largest absolute Gasteiger partial charge is 0.454 e. The van der Waals surface area contributed by atoms with Gasteiger partial charge in [0, 0.05) is 37.2 Å². The third-order valence-corrected chi connectivity index (χ3v) is 4.59. The van der Waals surface area contributed by atoms with Crippen molar-refractivity contribution in [2.24, 2.45) is 0 Å². The van der Waals surface area contributed by atoms with E-state index >= 15 is 0 Å². The van der Waals surface area contributed by atoms with Gasteiger partial charge in [0.2, 0.25) is 6.79 Å². The molecule has 0 fully saturated rings. The lowest BCUT2D eigenvalue weighted by molar-refractivity contribution is 0.174. The van der Waals surface area contributed by atoms with Crippen LogP contribution in [0.4, 0.5) is 0 Å². The molecule has 1 N–H and O–H groups in total. The third kappa shape index (κ3) is 3.18. The van der Waals surface area contributed by atoms with Crippen molar-refractivity contribution < 1.29 is 9.47 Å². The molecule has 1 aliphatic rings. The summed E-state index contributed by atoms with van der Waals surface area (Å²) in [5.41, 5.74) is 2.27. The second-order valence-corrected chi connectivity index (χ2v) is 6.27. The van der Waals surface area contributed by atoms with Gasteiger partial charge in [-0.25, -0.2) is 4.98 Å². The number of benzene rings is 1. The number of aromatic nitrogens is 2. The fourth-order valence-electron chi connectivity index (χ4n) is 2.40.